The lowest BCUT2D eigenvalue weighted by Crippen LogP contribution is -2.39. The first-order valence-electron chi connectivity index (χ1n) is 11.9. The van der Waals surface area contributed by atoms with Crippen LogP contribution in [0.25, 0.3) is 11.3 Å². The van der Waals surface area contributed by atoms with Crippen LogP contribution in [0.4, 0.5) is 0 Å². The Hall–Kier alpha value is -4.39. The molecule has 4 aromatic rings. The van der Waals surface area contributed by atoms with Crippen LogP contribution in [-0.4, -0.2) is 46.7 Å². The van der Waals surface area contributed by atoms with Crippen LogP contribution in [0.1, 0.15) is 28.4 Å². The summed E-state index contributed by atoms with van der Waals surface area (Å²) in [4.78, 5) is 27.9. The second-order valence-corrected chi connectivity index (χ2v) is 8.38. The maximum atomic E-state index is 13.3. The van der Waals surface area contributed by atoms with Crippen molar-refractivity contribution in [2.24, 2.45) is 0 Å². The summed E-state index contributed by atoms with van der Waals surface area (Å²) in [6, 6.07) is 27.2. The lowest BCUT2D eigenvalue weighted by molar-refractivity contribution is -0.130. The first-order valence-corrected chi connectivity index (χ1v) is 11.9. The number of carbonyl (C=O) groups excluding carboxylic acids is 2. The molecule has 0 unspecified atom stereocenters. The Kier molecular flexibility index (Phi) is 8.13. The highest BCUT2D eigenvalue weighted by molar-refractivity contribution is 6.01. The number of methoxy groups -OCH3 is 1. The molecule has 0 saturated carbocycles. The predicted molar refractivity (Wildman–Crippen MR) is 140 cm³/mol. The third kappa shape index (κ3) is 6.18. The van der Waals surface area contributed by atoms with Crippen molar-refractivity contribution in [1.29, 1.82) is 0 Å². The average Bonchev–Trinajstić information content (AvgIpc) is 3.35. The number of nitrogens with one attached hydrogen (secondary N) is 1. The molecule has 0 atom stereocenters. The second-order valence-electron chi connectivity index (χ2n) is 8.38. The average molecular weight is 483 g/mol. The zero-order valence-electron chi connectivity index (χ0n) is 20.6. The summed E-state index contributed by atoms with van der Waals surface area (Å²) in [5.41, 5.74) is 3.81. The number of aromatic nitrogens is 2. The summed E-state index contributed by atoms with van der Waals surface area (Å²) in [6.07, 6.45) is 1.73. The van der Waals surface area contributed by atoms with Crippen molar-refractivity contribution in [2.45, 2.75) is 20.0 Å². The zero-order chi connectivity index (χ0) is 25.3. The quantitative estimate of drug-likeness (QED) is 0.364. The van der Waals surface area contributed by atoms with Crippen LogP contribution >= 0.6 is 0 Å². The van der Waals surface area contributed by atoms with Crippen LogP contribution in [-0.2, 0) is 17.9 Å². The minimum Gasteiger partial charge on any atom is -0.497 e. The Balaban J connectivity index is 1.53. The van der Waals surface area contributed by atoms with Gasteiger partial charge in [-0.05, 0) is 30.2 Å². The number of nitrogens with zero attached hydrogens (tertiary/aromatic N) is 3. The van der Waals surface area contributed by atoms with Crippen LogP contribution in [0.5, 0.6) is 5.75 Å². The first kappa shape index (κ1) is 24.7. The maximum Gasteiger partial charge on any atom is 0.255 e. The first-order chi connectivity index (χ1) is 17.6. The molecule has 0 saturated heterocycles. The summed E-state index contributed by atoms with van der Waals surface area (Å²) >= 11 is 0. The summed E-state index contributed by atoms with van der Waals surface area (Å²) in [7, 11) is 1.60. The van der Waals surface area contributed by atoms with Crippen molar-refractivity contribution in [3.8, 4) is 17.0 Å². The molecule has 0 radical (unpaired) electrons. The highest BCUT2D eigenvalue weighted by Crippen LogP contribution is 2.26. The van der Waals surface area contributed by atoms with Crippen molar-refractivity contribution in [3.05, 3.63) is 108 Å². The molecule has 7 nitrogen and oxygen atoms in total. The lowest BCUT2D eigenvalue weighted by Gasteiger charge is -2.21. The molecule has 7 heteroatoms. The molecular formula is C29H30N4O3. The van der Waals surface area contributed by atoms with Gasteiger partial charge in [-0.3, -0.25) is 14.3 Å². The Bertz CT molecular complexity index is 1300. The van der Waals surface area contributed by atoms with Gasteiger partial charge in [0.05, 0.1) is 25.8 Å². The molecular weight excluding hydrogens is 452 g/mol. The van der Waals surface area contributed by atoms with Gasteiger partial charge in [0.15, 0.2) is 0 Å². The molecule has 1 heterocycles. The normalized spacial score (nSPS) is 10.6. The molecule has 1 aromatic heterocycles. The van der Waals surface area contributed by atoms with E-state index in [1.807, 2.05) is 91.9 Å². The number of likely N-dealkylation sites (N-methyl/N-ethyl adjacent to an activating group) is 1. The number of benzene rings is 3. The predicted octanol–water partition coefficient (Wildman–Crippen LogP) is 4.39. The smallest absolute Gasteiger partial charge is 0.255 e. The van der Waals surface area contributed by atoms with E-state index in [1.165, 1.54) is 0 Å². The minimum absolute atomic E-state index is 0.0963. The number of carbonyl (C=O) groups is 2. The topological polar surface area (TPSA) is 76.5 Å². The van der Waals surface area contributed by atoms with E-state index >= 15 is 0 Å². The van der Waals surface area contributed by atoms with Crippen LogP contribution in [0.2, 0.25) is 0 Å². The molecule has 0 bridgehead atoms. The second kappa shape index (κ2) is 11.8. The fourth-order valence-corrected chi connectivity index (χ4v) is 3.97. The molecule has 4 rings (SSSR count). The van der Waals surface area contributed by atoms with E-state index in [4.69, 9.17) is 9.84 Å². The van der Waals surface area contributed by atoms with Crippen molar-refractivity contribution >= 4 is 11.8 Å². The van der Waals surface area contributed by atoms with Gasteiger partial charge in [-0.1, -0.05) is 72.8 Å². The Labute approximate surface area is 211 Å². The molecule has 0 aliphatic heterocycles. The fraction of sp³-hybridized carbons (Fsp3) is 0.207. The van der Waals surface area contributed by atoms with Crippen molar-refractivity contribution < 1.29 is 14.3 Å². The minimum atomic E-state index is -0.351. The SMILES string of the molecule is CCN(Cc1ccccc1)C(=O)CNC(=O)c1cn(Cc2ccccc2)nc1-c1cccc(OC)c1. The number of hydrogen-bond donors (Lipinski definition) is 1. The van der Waals surface area contributed by atoms with E-state index < -0.39 is 0 Å². The van der Waals surface area contributed by atoms with E-state index in [2.05, 4.69) is 5.32 Å². The highest BCUT2D eigenvalue weighted by Gasteiger charge is 2.20. The summed E-state index contributed by atoms with van der Waals surface area (Å²) in [6.45, 7) is 3.40. The fourth-order valence-electron chi connectivity index (χ4n) is 3.97. The van der Waals surface area contributed by atoms with E-state index in [1.54, 1.807) is 22.9 Å². The van der Waals surface area contributed by atoms with E-state index in [9.17, 15) is 9.59 Å². The zero-order valence-corrected chi connectivity index (χ0v) is 20.6. The van der Waals surface area contributed by atoms with E-state index in [0.717, 1.165) is 16.7 Å². The van der Waals surface area contributed by atoms with Crippen LogP contribution in [0.15, 0.2) is 91.1 Å². The van der Waals surface area contributed by atoms with Crippen LogP contribution in [0.3, 0.4) is 0 Å². The Morgan fingerprint density at radius 1 is 0.944 bits per heavy atom. The van der Waals surface area contributed by atoms with Gasteiger partial charge in [-0.2, -0.15) is 5.10 Å². The van der Waals surface area contributed by atoms with Crippen molar-refractivity contribution in [2.75, 3.05) is 20.2 Å². The van der Waals surface area contributed by atoms with Gasteiger partial charge in [0.2, 0.25) is 5.91 Å². The van der Waals surface area contributed by atoms with Gasteiger partial charge in [0.1, 0.15) is 11.4 Å². The summed E-state index contributed by atoms with van der Waals surface area (Å²) in [5.74, 6) is 0.178. The van der Waals surface area contributed by atoms with Gasteiger partial charge >= 0.3 is 0 Å². The molecule has 36 heavy (non-hydrogen) atoms. The highest BCUT2D eigenvalue weighted by atomic mass is 16.5. The largest absolute Gasteiger partial charge is 0.497 e. The van der Waals surface area contributed by atoms with Gasteiger partial charge in [0.25, 0.3) is 5.91 Å². The van der Waals surface area contributed by atoms with Gasteiger partial charge in [-0.25, -0.2) is 0 Å². The maximum absolute atomic E-state index is 13.3. The summed E-state index contributed by atoms with van der Waals surface area (Å²) < 4.78 is 7.10. The van der Waals surface area contributed by atoms with Crippen LogP contribution in [0, 0.1) is 0 Å². The standard InChI is InChI=1S/C29H30N4O3/c1-3-32(19-22-11-6-4-7-12-22)27(34)18-30-29(35)26-21-33(20-23-13-8-5-9-14-23)31-28(26)24-15-10-16-25(17-24)36-2/h4-17,21H,3,18-20H2,1-2H3,(H,30,35). The number of hydrogen-bond acceptors (Lipinski definition) is 4. The molecule has 0 aliphatic rings. The third-order valence-corrected chi connectivity index (χ3v) is 5.89. The van der Waals surface area contributed by atoms with Gasteiger partial charge in [-0.15, -0.1) is 0 Å². The number of rotatable bonds is 10. The van der Waals surface area contributed by atoms with Gasteiger partial charge < -0.3 is 15.0 Å². The lowest BCUT2D eigenvalue weighted by atomic mass is 10.1. The molecule has 184 valence electrons. The molecule has 1 N–H and O–H groups in total. The molecule has 3 aromatic carbocycles. The molecule has 2 amide bonds. The number of ether oxygens (including phenoxy) is 1. The van der Waals surface area contributed by atoms with Crippen LogP contribution < -0.4 is 10.1 Å². The molecule has 0 spiro atoms. The van der Waals surface area contributed by atoms with Crippen molar-refractivity contribution in [3.63, 3.8) is 0 Å². The Morgan fingerprint density at radius 2 is 1.64 bits per heavy atom. The molecule has 0 aliphatic carbocycles. The summed E-state index contributed by atoms with van der Waals surface area (Å²) in [5, 5.41) is 7.51. The monoisotopic (exact) mass is 482 g/mol. The van der Waals surface area contributed by atoms with E-state index in [-0.39, 0.29) is 18.4 Å². The van der Waals surface area contributed by atoms with E-state index in [0.29, 0.717) is 36.6 Å². The van der Waals surface area contributed by atoms with Crippen molar-refractivity contribution in [1.82, 2.24) is 20.0 Å². The van der Waals surface area contributed by atoms with Gasteiger partial charge in [0, 0.05) is 24.8 Å². The molecule has 0 fully saturated rings. The Morgan fingerprint density at radius 3 is 2.31 bits per heavy atom. The third-order valence-electron chi connectivity index (χ3n) is 5.89. The number of amides is 2.